The van der Waals surface area contributed by atoms with Crippen LogP contribution in [0, 0.1) is 3.57 Å². The number of halogens is 2. The average molecular weight is 296 g/mol. The van der Waals surface area contributed by atoms with Crippen molar-refractivity contribution in [2.45, 2.75) is 19.4 Å². The number of hydrogen-bond acceptors (Lipinski definition) is 1. The Morgan fingerprint density at radius 1 is 1.50 bits per heavy atom. The number of benzene rings is 1. The third-order valence-corrected chi connectivity index (χ3v) is 2.59. The zero-order valence-corrected chi connectivity index (χ0v) is 9.76. The lowest BCUT2D eigenvalue weighted by molar-refractivity contribution is 0.698. The predicted molar refractivity (Wildman–Crippen MR) is 61.4 cm³/mol. The summed E-state index contributed by atoms with van der Waals surface area (Å²) in [5.74, 6) is 0. The molecule has 0 radical (unpaired) electrons. The molecule has 0 spiro atoms. The molecule has 0 heterocycles. The van der Waals surface area contributed by atoms with Gasteiger partial charge in [0.1, 0.15) is 0 Å². The van der Waals surface area contributed by atoms with Crippen molar-refractivity contribution in [3.8, 4) is 0 Å². The summed E-state index contributed by atoms with van der Waals surface area (Å²) in [6, 6.07) is 6.03. The molecule has 1 atom stereocenters. The molecule has 1 aromatic carbocycles. The van der Waals surface area contributed by atoms with Crippen LogP contribution in [-0.2, 0) is 0 Å². The molecule has 1 aromatic rings. The number of hydrogen-bond donors (Lipinski definition) is 1. The maximum absolute atomic E-state index is 5.89. The molecular weight excluding hydrogens is 284 g/mol. The highest BCUT2D eigenvalue weighted by molar-refractivity contribution is 14.1. The quantitative estimate of drug-likeness (QED) is 0.832. The van der Waals surface area contributed by atoms with Crippen molar-refractivity contribution in [1.82, 2.24) is 0 Å². The first kappa shape index (κ1) is 10.3. The second-order valence-electron chi connectivity index (χ2n) is 2.72. The normalized spacial score (nSPS) is 13.0. The fraction of sp³-hybridized carbons (Fsp3) is 0.333. The van der Waals surface area contributed by atoms with E-state index in [-0.39, 0.29) is 6.04 Å². The molecule has 3 heteroatoms. The van der Waals surface area contributed by atoms with E-state index in [9.17, 15) is 0 Å². The summed E-state index contributed by atoms with van der Waals surface area (Å²) in [4.78, 5) is 0. The monoisotopic (exact) mass is 295 g/mol. The lowest BCUT2D eigenvalue weighted by Gasteiger charge is -2.09. The van der Waals surface area contributed by atoms with E-state index in [2.05, 4.69) is 35.6 Å². The zero-order valence-electron chi connectivity index (χ0n) is 6.85. The Morgan fingerprint density at radius 3 is 2.67 bits per heavy atom. The van der Waals surface area contributed by atoms with Crippen molar-refractivity contribution in [2.24, 2.45) is 5.73 Å². The van der Waals surface area contributed by atoms with Gasteiger partial charge in [-0.3, -0.25) is 0 Å². The number of nitrogens with two attached hydrogens (primary N) is 1. The van der Waals surface area contributed by atoms with Crippen LogP contribution >= 0.6 is 34.2 Å². The highest BCUT2D eigenvalue weighted by Gasteiger charge is 2.04. The average Bonchev–Trinajstić information content (AvgIpc) is 2.01. The molecule has 0 aliphatic heterocycles. The Balaban J connectivity index is 3.00. The van der Waals surface area contributed by atoms with E-state index >= 15 is 0 Å². The Morgan fingerprint density at radius 2 is 2.17 bits per heavy atom. The van der Waals surface area contributed by atoms with Crippen LogP contribution in [0.5, 0.6) is 0 Å². The first-order valence-corrected chi connectivity index (χ1v) is 5.30. The zero-order chi connectivity index (χ0) is 9.14. The summed E-state index contributed by atoms with van der Waals surface area (Å²) in [5.41, 5.74) is 6.99. The fourth-order valence-electron chi connectivity index (χ4n) is 1.02. The molecule has 0 aromatic heterocycles. The lowest BCUT2D eigenvalue weighted by atomic mass is 10.1. The highest BCUT2D eigenvalue weighted by Crippen LogP contribution is 2.21. The molecule has 0 unspecified atom stereocenters. The van der Waals surface area contributed by atoms with E-state index in [1.165, 1.54) is 0 Å². The van der Waals surface area contributed by atoms with Crippen molar-refractivity contribution in [2.75, 3.05) is 0 Å². The van der Waals surface area contributed by atoms with Crippen LogP contribution in [0.25, 0.3) is 0 Å². The second-order valence-corrected chi connectivity index (χ2v) is 4.40. The van der Waals surface area contributed by atoms with Gasteiger partial charge in [0, 0.05) is 14.6 Å². The molecule has 2 N–H and O–H groups in total. The lowest BCUT2D eigenvalue weighted by Crippen LogP contribution is -2.08. The molecule has 0 fully saturated rings. The van der Waals surface area contributed by atoms with Gasteiger partial charge in [-0.25, -0.2) is 0 Å². The predicted octanol–water partition coefficient (Wildman–Crippen LogP) is 3.35. The third kappa shape index (κ3) is 2.61. The Hall–Kier alpha value is 0.200. The van der Waals surface area contributed by atoms with E-state index < -0.39 is 0 Å². The van der Waals surface area contributed by atoms with Crippen LogP contribution in [0.1, 0.15) is 24.9 Å². The minimum absolute atomic E-state index is 0.109. The van der Waals surface area contributed by atoms with Gasteiger partial charge >= 0.3 is 0 Å². The molecule has 0 saturated heterocycles. The molecule has 0 amide bonds. The second kappa shape index (κ2) is 4.44. The molecule has 0 saturated carbocycles. The van der Waals surface area contributed by atoms with Crippen molar-refractivity contribution in [3.05, 3.63) is 32.4 Å². The molecule has 0 aliphatic rings. The van der Waals surface area contributed by atoms with Crippen molar-refractivity contribution >= 4 is 34.2 Å². The summed E-state index contributed by atoms with van der Waals surface area (Å²) >= 11 is 8.13. The van der Waals surface area contributed by atoms with Gasteiger partial charge < -0.3 is 5.73 Å². The van der Waals surface area contributed by atoms with E-state index in [1.54, 1.807) is 0 Å². The Bertz CT molecular complexity index is 255. The van der Waals surface area contributed by atoms with E-state index in [1.807, 2.05) is 12.1 Å². The van der Waals surface area contributed by atoms with Gasteiger partial charge in [-0.1, -0.05) is 18.5 Å². The fourth-order valence-corrected chi connectivity index (χ4v) is 2.15. The van der Waals surface area contributed by atoms with Crippen LogP contribution in [-0.4, -0.2) is 0 Å². The van der Waals surface area contributed by atoms with Gasteiger partial charge in [0.2, 0.25) is 0 Å². The molecule has 66 valence electrons. The van der Waals surface area contributed by atoms with Gasteiger partial charge in [0.05, 0.1) is 0 Å². The van der Waals surface area contributed by atoms with Crippen LogP contribution in [0.2, 0.25) is 5.02 Å². The van der Waals surface area contributed by atoms with Gasteiger partial charge in [-0.05, 0) is 52.8 Å². The first-order valence-electron chi connectivity index (χ1n) is 3.85. The summed E-state index contributed by atoms with van der Waals surface area (Å²) in [6.07, 6.45) is 0.941. The molecule has 1 nitrogen and oxygen atoms in total. The maximum atomic E-state index is 5.89. The van der Waals surface area contributed by atoms with Crippen LogP contribution < -0.4 is 5.73 Å². The highest BCUT2D eigenvalue weighted by atomic mass is 127. The van der Waals surface area contributed by atoms with Crippen molar-refractivity contribution < 1.29 is 0 Å². The topological polar surface area (TPSA) is 26.0 Å². The SMILES string of the molecule is CC[C@H](N)c1cc(Cl)cc(I)c1. The van der Waals surface area contributed by atoms with E-state index in [0.29, 0.717) is 0 Å². The Kier molecular flexibility index (Phi) is 3.80. The van der Waals surface area contributed by atoms with Gasteiger partial charge in [0.25, 0.3) is 0 Å². The molecular formula is C9H11ClIN. The molecule has 0 aliphatic carbocycles. The van der Waals surface area contributed by atoms with E-state index in [0.717, 1.165) is 20.6 Å². The minimum atomic E-state index is 0.109. The summed E-state index contributed by atoms with van der Waals surface area (Å²) in [6.45, 7) is 2.07. The van der Waals surface area contributed by atoms with Gasteiger partial charge in [0.15, 0.2) is 0 Å². The first-order chi connectivity index (χ1) is 5.63. The minimum Gasteiger partial charge on any atom is -0.324 e. The smallest absolute Gasteiger partial charge is 0.0419 e. The third-order valence-electron chi connectivity index (χ3n) is 1.75. The molecule has 0 bridgehead atoms. The van der Waals surface area contributed by atoms with Gasteiger partial charge in [-0.15, -0.1) is 0 Å². The summed E-state index contributed by atoms with van der Waals surface area (Å²) in [5, 5.41) is 0.765. The maximum Gasteiger partial charge on any atom is 0.0419 e. The summed E-state index contributed by atoms with van der Waals surface area (Å²) in [7, 11) is 0. The van der Waals surface area contributed by atoms with Crippen LogP contribution in [0.15, 0.2) is 18.2 Å². The largest absolute Gasteiger partial charge is 0.324 e. The molecule has 1 rings (SSSR count). The van der Waals surface area contributed by atoms with Crippen molar-refractivity contribution in [1.29, 1.82) is 0 Å². The van der Waals surface area contributed by atoms with Crippen LogP contribution in [0.4, 0.5) is 0 Å². The molecule has 12 heavy (non-hydrogen) atoms. The Labute approximate surface area is 91.4 Å². The van der Waals surface area contributed by atoms with Gasteiger partial charge in [-0.2, -0.15) is 0 Å². The number of rotatable bonds is 2. The standard InChI is InChI=1S/C9H11ClIN/c1-2-9(12)6-3-7(10)5-8(11)4-6/h3-5,9H,2,12H2,1H3/t9-/m0/s1. The van der Waals surface area contributed by atoms with Crippen LogP contribution in [0.3, 0.4) is 0 Å². The van der Waals surface area contributed by atoms with Crippen molar-refractivity contribution in [3.63, 3.8) is 0 Å². The van der Waals surface area contributed by atoms with E-state index in [4.69, 9.17) is 17.3 Å². The summed E-state index contributed by atoms with van der Waals surface area (Å²) < 4.78 is 1.14.